The second-order valence-electron chi connectivity index (χ2n) is 5.96. The molecular weight excluding hydrogens is 368 g/mol. The molecule has 0 aliphatic carbocycles. The lowest BCUT2D eigenvalue weighted by molar-refractivity contribution is 0.284. The van der Waals surface area contributed by atoms with Crippen molar-refractivity contribution in [3.63, 3.8) is 0 Å². The third kappa shape index (κ3) is 5.60. The lowest BCUT2D eigenvalue weighted by Crippen LogP contribution is -2.37. The van der Waals surface area contributed by atoms with Gasteiger partial charge in [-0.1, -0.05) is 52.3 Å². The van der Waals surface area contributed by atoms with Gasteiger partial charge in [-0.15, -0.1) is 0 Å². The number of hydrogen-bond donors (Lipinski definition) is 0. The molecule has 0 aliphatic rings. The van der Waals surface area contributed by atoms with Crippen LogP contribution >= 0.6 is 15.9 Å². The number of nitrogens with zero attached hydrogens (tertiary/aromatic N) is 2. The Hall–Kier alpha value is -1.43. The van der Waals surface area contributed by atoms with Crippen molar-refractivity contribution in [3.8, 4) is 0 Å². The second kappa shape index (κ2) is 8.43. The lowest BCUT2D eigenvalue weighted by atomic mass is 10.2. The van der Waals surface area contributed by atoms with E-state index in [4.69, 9.17) is 4.43 Å². The van der Waals surface area contributed by atoms with Crippen molar-refractivity contribution in [1.82, 2.24) is 0 Å². The molecule has 1 atom stereocenters. The molecule has 0 spiro atoms. The topological polar surface area (TPSA) is 24.8 Å². The van der Waals surface area contributed by atoms with Crippen LogP contribution in [0.25, 0.3) is 0 Å². The summed E-state index contributed by atoms with van der Waals surface area (Å²) < 4.78 is 6.13. The minimum atomic E-state index is -1.66. The molecule has 0 saturated heterocycles. The second-order valence-corrected chi connectivity index (χ2v) is 11.7. The van der Waals surface area contributed by atoms with Gasteiger partial charge in [-0.2, -0.15) is 5.10 Å². The zero-order valence-corrected chi connectivity index (χ0v) is 16.4. The summed E-state index contributed by atoms with van der Waals surface area (Å²) in [5.74, 6) is 0. The monoisotopic (exact) mass is 390 g/mol. The van der Waals surface area contributed by atoms with Gasteiger partial charge in [0, 0.05) is 4.95 Å². The highest BCUT2D eigenvalue weighted by Gasteiger charge is 2.23. The maximum Gasteiger partial charge on any atom is 0.197 e. The number of benzene rings is 2. The number of halogens is 1. The molecule has 0 saturated carbocycles. The largest absolute Gasteiger partial charge is 0.409 e. The molecule has 2 rings (SSSR count). The number of para-hydroxylation sites is 2. The third-order valence-corrected chi connectivity index (χ3v) is 8.92. The Balaban J connectivity index is 2.20. The third-order valence-electron chi connectivity index (χ3n) is 3.22. The Labute approximate surface area is 148 Å². The summed E-state index contributed by atoms with van der Waals surface area (Å²) in [6.45, 7) is 6.42. The maximum absolute atomic E-state index is 6.13. The summed E-state index contributed by atoms with van der Waals surface area (Å²) in [5.41, 5.74) is 2.05. The van der Waals surface area contributed by atoms with Gasteiger partial charge in [-0.3, -0.25) is 0 Å². The first-order valence-corrected chi connectivity index (χ1v) is 11.9. The molecule has 3 nitrogen and oxygen atoms in total. The first-order chi connectivity index (χ1) is 11.0. The summed E-state index contributed by atoms with van der Waals surface area (Å²) in [6.07, 6.45) is 1.85. The minimum Gasteiger partial charge on any atom is -0.409 e. The van der Waals surface area contributed by atoms with Crippen LogP contribution in [0.2, 0.25) is 13.1 Å². The summed E-state index contributed by atoms with van der Waals surface area (Å²) in [7, 11) is -1.66. The maximum atomic E-state index is 6.13. The molecule has 0 aromatic heterocycles. The van der Waals surface area contributed by atoms with E-state index in [2.05, 4.69) is 34.1 Å². The number of anilines is 2. The fraction of sp³-hybridized carbons (Fsp3) is 0.278. The Bertz CT molecular complexity index is 580. The van der Waals surface area contributed by atoms with E-state index < -0.39 is 8.32 Å². The molecule has 2 aromatic carbocycles. The molecule has 0 unspecified atom stereocenters. The summed E-state index contributed by atoms with van der Waals surface area (Å²) >= 11 is 3.53. The van der Waals surface area contributed by atoms with Crippen molar-refractivity contribution in [2.24, 2.45) is 5.10 Å². The van der Waals surface area contributed by atoms with Crippen molar-refractivity contribution in [2.75, 3.05) is 9.96 Å². The molecule has 0 bridgehead atoms. The van der Waals surface area contributed by atoms with Crippen LogP contribution in [0, 0.1) is 0 Å². The molecule has 5 heteroatoms. The van der Waals surface area contributed by atoms with Crippen LogP contribution in [-0.4, -0.2) is 25.6 Å². The molecule has 23 heavy (non-hydrogen) atoms. The van der Waals surface area contributed by atoms with Gasteiger partial charge in [0.15, 0.2) is 8.32 Å². The molecule has 0 amide bonds. The van der Waals surface area contributed by atoms with E-state index in [1.165, 1.54) is 0 Å². The molecular formula is C18H23BrN2OSi. The average molecular weight is 391 g/mol. The molecule has 0 aliphatic heterocycles. The zero-order chi connectivity index (χ0) is 16.7. The Morgan fingerprint density at radius 2 is 1.52 bits per heavy atom. The predicted molar refractivity (Wildman–Crippen MR) is 105 cm³/mol. The van der Waals surface area contributed by atoms with Crippen molar-refractivity contribution < 1.29 is 4.43 Å². The Morgan fingerprint density at radius 1 is 1.04 bits per heavy atom. The van der Waals surface area contributed by atoms with Crippen molar-refractivity contribution in [3.05, 3.63) is 60.7 Å². The van der Waals surface area contributed by atoms with Gasteiger partial charge < -0.3 is 4.43 Å². The van der Waals surface area contributed by atoms with Crippen molar-refractivity contribution in [2.45, 2.75) is 26.1 Å². The van der Waals surface area contributed by atoms with E-state index in [0.29, 0.717) is 0 Å². The number of hydrogen-bond acceptors (Lipinski definition) is 3. The van der Waals surface area contributed by atoms with E-state index in [0.717, 1.165) is 16.3 Å². The normalized spacial score (nSPS) is 13.2. The highest BCUT2D eigenvalue weighted by Crippen LogP contribution is 2.25. The molecule has 0 N–H and O–H groups in total. The van der Waals surface area contributed by atoms with Crippen molar-refractivity contribution in [1.29, 1.82) is 0 Å². The van der Waals surface area contributed by atoms with Gasteiger partial charge in [0.05, 0.1) is 23.7 Å². The van der Waals surface area contributed by atoms with Crippen LogP contribution in [-0.2, 0) is 4.43 Å². The standard InChI is InChI=1S/C18H23BrN2OSi/c1-16(22-23(2,3)15-19)14-20-21(17-10-6-4-7-11-17)18-12-8-5-9-13-18/h4-14,16H,15H2,1-3H3/b20-14+/t16-/m0/s1. The van der Waals surface area contributed by atoms with Gasteiger partial charge in [0.2, 0.25) is 0 Å². The van der Waals surface area contributed by atoms with Gasteiger partial charge in [0.25, 0.3) is 0 Å². The van der Waals surface area contributed by atoms with Crippen LogP contribution in [0.1, 0.15) is 6.92 Å². The number of hydrazone groups is 1. The Morgan fingerprint density at radius 3 is 1.96 bits per heavy atom. The van der Waals surface area contributed by atoms with E-state index >= 15 is 0 Å². The highest BCUT2D eigenvalue weighted by molar-refractivity contribution is 9.09. The first kappa shape index (κ1) is 17.9. The molecule has 0 radical (unpaired) electrons. The summed E-state index contributed by atoms with van der Waals surface area (Å²) in [5, 5.41) is 6.61. The lowest BCUT2D eigenvalue weighted by Gasteiger charge is -2.24. The van der Waals surface area contributed by atoms with E-state index in [1.807, 2.05) is 78.8 Å². The van der Waals surface area contributed by atoms with Crippen LogP contribution in [0.5, 0.6) is 0 Å². The zero-order valence-electron chi connectivity index (χ0n) is 13.8. The first-order valence-electron chi connectivity index (χ1n) is 7.70. The molecule has 0 heterocycles. The van der Waals surface area contributed by atoms with Crippen LogP contribution < -0.4 is 5.01 Å². The molecule has 0 fully saturated rings. The van der Waals surface area contributed by atoms with Crippen LogP contribution in [0.4, 0.5) is 11.4 Å². The van der Waals surface area contributed by atoms with Gasteiger partial charge in [0.1, 0.15) is 0 Å². The molecule has 2 aromatic rings. The number of rotatable bonds is 7. The highest BCUT2D eigenvalue weighted by atomic mass is 79.9. The van der Waals surface area contributed by atoms with Crippen molar-refractivity contribution >= 4 is 41.8 Å². The fourth-order valence-electron chi connectivity index (χ4n) is 2.15. The predicted octanol–water partition coefficient (Wildman–Crippen LogP) is 5.35. The average Bonchev–Trinajstić information content (AvgIpc) is 2.56. The Kier molecular flexibility index (Phi) is 6.56. The summed E-state index contributed by atoms with van der Waals surface area (Å²) in [6, 6.07) is 20.3. The van der Waals surface area contributed by atoms with E-state index in [1.54, 1.807) is 0 Å². The molecule has 122 valence electrons. The smallest absolute Gasteiger partial charge is 0.197 e. The van der Waals surface area contributed by atoms with E-state index in [-0.39, 0.29) is 6.10 Å². The van der Waals surface area contributed by atoms with Crippen LogP contribution in [0.3, 0.4) is 0 Å². The summed E-state index contributed by atoms with van der Waals surface area (Å²) in [4.78, 5) is 0.916. The van der Waals surface area contributed by atoms with Gasteiger partial charge in [-0.25, -0.2) is 5.01 Å². The quantitative estimate of drug-likeness (QED) is 0.275. The number of alkyl halides is 1. The SMILES string of the molecule is C[C@@H](/C=N/N(c1ccccc1)c1ccccc1)O[Si](C)(C)CBr. The van der Waals surface area contributed by atoms with Crippen LogP contribution in [0.15, 0.2) is 65.8 Å². The minimum absolute atomic E-state index is 0.0239. The van der Waals surface area contributed by atoms with Gasteiger partial charge in [-0.05, 0) is 44.3 Å². The fourth-order valence-corrected chi connectivity index (χ4v) is 3.67. The van der Waals surface area contributed by atoms with Gasteiger partial charge >= 0.3 is 0 Å². The van der Waals surface area contributed by atoms with E-state index in [9.17, 15) is 0 Å².